The number of aromatic nitrogens is 3. The minimum absolute atomic E-state index is 0.107. The van der Waals surface area contributed by atoms with Crippen molar-refractivity contribution in [2.45, 2.75) is 6.43 Å². The Balaban J connectivity index is 1.98. The van der Waals surface area contributed by atoms with Gasteiger partial charge in [-0.15, -0.1) is 0 Å². The first-order valence-corrected chi connectivity index (χ1v) is 10.2. The zero-order valence-electron chi connectivity index (χ0n) is 17.4. The van der Waals surface area contributed by atoms with Gasteiger partial charge in [0.25, 0.3) is 12.0 Å². The third kappa shape index (κ3) is 4.68. The van der Waals surface area contributed by atoms with Crippen molar-refractivity contribution in [3.8, 4) is 22.7 Å². The standard InChI is InChI=1S/C23H18ClF2N5O2/c1-28-9-14-8-16(6-7-17(14)27)31-11-18-22(30-20(10-29-18)33-12-19(25)26)21(23(31)32)13-2-4-15(24)5-3-13/h2-11,19H,12,27H2,1H3. The molecule has 4 aromatic rings. The van der Waals surface area contributed by atoms with Crippen molar-refractivity contribution >= 4 is 34.5 Å². The lowest BCUT2D eigenvalue weighted by molar-refractivity contribution is 0.0796. The van der Waals surface area contributed by atoms with Crippen LogP contribution in [0.4, 0.5) is 14.5 Å². The maximum absolute atomic E-state index is 13.6. The van der Waals surface area contributed by atoms with Crippen LogP contribution in [0.1, 0.15) is 5.56 Å². The van der Waals surface area contributed by atoms with Crippen LogP contribution in [0, 0.1) is 0 Å². The van der Waals surface area contributed by atoms with Crippen LogP contribution in [-0.4, -0.2) is 40.8 Å². The van der Waals surface area contributed by atoms with Crippen molar-refractivity contribution < 1.29 is 13.5 Å². The van der Waals surface area contributed by atoms with Gasteiger partial charge >= 0.3 is 0 Å². The van der Waals surface area contributed by atoms with E-state index in [1.807, 2.05) is 0 Å². The fourth-order valence-electron chi connectivity index (χ4n) is 3.31. The van der Waals surface area contributed by atoms with Gasteiger partial charge in [-0.2, -0.15) is 0 Å². The Kier molecular flexibility index (Phi) is 6.32. The Morgan fingerprint density at radius 1 is 1.24 bits per heavy atom. The lowest BCUT2D eigenvalue weighted by Gasteiger charge is -2.14. The van der Waals surface area contributed by atoms with Crippen molar-refractivity contribution in [3.63, 3.8) is 0 Å². The summed E-state index contributed by atoms with van der Waals surface area (Å²) in [7, 11) is 1.62. The fraction of sp³-hybridized carbons (Fsp3) is 0.130. The van der Waals surface area contributed by atoms with E-state index in [1.54, 1.807) is 55.7 Å². The minimum atomic E-state index is -2.67. The summed E-state index contributed by atoms with van der Waals surface area (Å²) in [6.07, 6.45) is 1.69. The minimum Gasteiger partial charge on any atom is -0.470 e. The molecule has 168 valence electrons. The van der Waals surface area contributed by atoms with E-state index in [2.05, 4.69) is 15.0 Å². The molecule has 0 saturated carbocycles. The summed E-state index contributed by atoms with van der Waals surface area (Å²) in [4.78, 5) is 26.2. The first-order chi connectivity index (χ1) is 15.9. The first-order valence-electron chi connectivity index (χ1n) is 9.78. The summed E-state index contributed by atoms with van der Waals surface area (Å²) >= 11 is 6.02. The highest BCUT2D eigenvalue weighted by Crippen LogP contribution is 2.27. The Morgan fingerprint density at radius 2 is 2.00 bits per heavy atom. The number of fused-ring (bicyclic) bond motifs is 1. The number of rotatable bonds is 6. The van der Waals surface area contributed by atoms with E-state index in [-0.39, 0.29) is 17.0 Å². The molecule has 0 aliphatic carbocycles. The van der Waals surface area contributed by atoms with Crippen molar-refractivity contribution in [2.24, 2.45) is 4.99 Å². The molecule has 33 heavy (non-hydrogen) atoms. The lowest BCUT2D eigenvalue weighted by atomic mass is 10.1. The van der Waals surface area contributed by atoms with Crippen molar-refractivity contribution in [1.82, 2.24) is 14.5 Å². The van der Waals surface area contributed by atoms with Gasteiger partial charge in [-0.05, 0) is 35.9 Å². The molecule has 0 radical (unpaired) electrons. The molecule has 0 unspecified atom stereocenters. The van der Waals surface area contributed by atoms with E-state index < -0.39 is 18.6 Å². The maximum Gasteiger partial charge on any atom is 0.272 e. The lowest BCUT2D eigenvalue weighted by Crippen LogP contribution is -2.21. The molecule has 0 amide bonds. The summed E-state index contributed by atoms with van der Waals surface area (Å²) in [5, 5.41) is 0.494. The number of benzene rings is 2. The van der Waals surface area contributed by atoms with Crippen LogP contribution in [0.3, 0.4) is 0 Å². The monoisotopic (exact) mass is 469 g/mol. The van der Waals surface area contributed by atoms with E-state index in [0.717, 1.165) is 0 Å². The predicted octanol–water partition coefficient (Wildman–Crippen LogP) is 4.38. The molecule has 0 aliphatic rings. The summed E-state index contributed by atoms with van der Waals surface area (Å²) in [5.41, 5.74) is 8.66. The number of anilines is 1. The number of ether oxygens (including phenoxy) is 1. The zero-order chi connectivity index (χ0) is 23.5. The van der Waals surface area contributed by atoms with Crippen LogP contribution in [0.25, 0.3) is 27.8 Å². The second-order valence-electron chi connectivity index (χ2n) is 7.03. The first kappa shape index (κ1) is 22.3. The van der Waals surface area contributed by atoms with E-state index in [0.29, 0.717) is 33.0 Å². The van der Waals surface area contributed by atoms with Crippen molar-refractivity contribution in [2.75, 3.05) is 19.4 Å². The molecule has 2 N–H and O–H groups in total. The van der Waals surface area contributed by atoms with E-state index >= 15 is 0 Å². The molecule has 10 heteroatoms. The topological polar surface area (TPSA) is 95.4 Å². The molecule has 0 saturated heterocycles. The smallest absolute Gasteiger partial charge is 0.272 e. The van der Waals surface area contributed by atoms with Crippen LogP contribution in [0.15, 0.2) is 64.6 Å². The zero-order valence-corrected chi connectivity index (χ0v) is 18.1. The number of nitrogens with two attached hydrogens (primary N) is 1. The third-order valence-corrected chi connectivity index (χ3v) is 5.06. The van der Waals surface area contributed by atoms with Crippen LogP contribution in [0.5, 0.6) is 5.88 Å². The van der Waals surface area contributed by atoms with Gasteiger partial charge in [0.15, 0.2) is 6.61 Å². The second-order valence-corrected chi connectivity index (χ2v) is 7.47. The number of alkyl halides is 2. The molecule has 2 aromatic heterocycles. The Hall–Kier alpha value is -3.85. The number of aliphatic imine (C=N–C) groups is 1. The number of halogens is 3. The average Bonchev–Trinajstić information content (AvgIpc) is 2.80. The van der Waals surface area contributed by atoms with Gasteiger partial charge in [0.2, 0.25) is 5.88 Å². The highest BCUT2D eigenvalue weighted by molar-refractivity contribution is 6.30. The van der Waals surface area contributed by atoms with Crippen LogP contribution in [-0.2, 0) is 0 Å². The van der Waals surface area contributed by atoms with E-state index in [4.69, 9.17) is 22.1 Å². The van der Waals surface area contributed by atoms with Gasteiger partial charge in [-0.3, -0.25) is 14.4 Å². The molecule has 0 atom stereocenters. The van der Waals surface area contributed by atoms with E-state index in [9.17, 15) is 13.6 Å². The summed E-state index contributed by atoms with van der Waals surface area (Å²) in [6, 6.07) is 11.7. The van der Waals surface area contributed by atoms with E-state index in [1.165, 1.54) is 17.0 Å². The number of hydrogen-bond donors (Lipinski definition) is 1. The normalized spacial score (nSPS) is 11.5. The summed E-state index contributed by atoms with van der Waals surface area (Å²) < 4.78 is 31.6. The highest BCUT2D eigenvalue weighted by Gasteiger charge is 2.17. The number of nitrogens with zero attached hydrogens (tertiary/aromatic N) is 4. The van der Waals surface area contributed by atoms with Gasteiger partial charge in [0.1, 0.15) is 11.0 Å². The Labute approximate surface area is 192 Å². The summed E-state index contributed by atoms with van der Waals surface area (Å²) in [5.74, 6) is -0.107. The van der Waals surface area contributed by atoms with Gasteiger partial charge < -0.3 is 10.5 Å². The molecule has 0 aliphatic heterocycles. The molecular weight excluding hydrogens is 452 g/mol. The van der Waals surface area contributed by atoms with Crippen LogP contribution >= 0.6 is 11.6 Å². The maximum atomic E-state index is 13.6. The largest absolute Gasteiger partial charge is 0.470 e. The van der Waals surface area contributed by atoms with Crippen LogP contribution in [0.2, 0.25) is 5.02 Å². The van der Waals surface area contributed by atoms with Crippen LogP contribution < -0.4 is 16.0 Å². The van der Waals surface area contributed by atoms with Crippen molar-refractivity contribution in [3.05, 3.63) is 75.8 Å². The molecular formula is C23H18ClF2N5O2. The Morgan fingerprint density at radius 3 is 2.70 bits per heavy atom. The van der Waals surface area contributed by atoms with Crippen molar-refractivity contribution in [1.29, 1.82) is 0 Å². The van der Waals surface area contributed by atoms with Gasteiger partial charge in [-0.25, -0.2) is 18.7 Å². The number of pyridine rings is 1. The highest BCUT2D eigenvalue weighted by atomic mass is 35.5. The van der Waals surface area contributed by atoms with Gasteiger partial charge in [-0.1, -0.05) is 23.7 Å². The average molecular weight is 470 g/mol. The molecule has 7 nitrogen and oxygen atoms in total. The predicted molar refractivity (Wildman–Crippen MR) is 125 cm³/mol. The van der Waals surface area contributed by atoms with Gasteiger partial charge in [0, 0.05) is 41.4 Å². The van der Waals surface area contributed by atoms with Gasteiger partial charge in [0.05, 0.1) is 11.8 Å². The molecule has 2 aromatic carbocycles. The number of nitrogen functional groups attached to an aromatic ring is 1. The molecule has 0 spiro atoms. The molecule has 2 heterocycles. The molecule has 4 rings (SSSR count). The summed E-state index contributed by atoms with van der Waals surface area (Å²) in [6.45, 7) is -0.833. The fourth-order valence-corrected chi connectivity index (χ4v) is 3.44. The molecule has 0 fully saturated rings. The number of hydrogen-bond acceptors (Lipinski definition) is 6. The SMILES string of the molecule is CN=Cc1cc(-n2cc3ncc(OCC(F)F)nc3c(-c3ccc(Cl)cc3)c2=O)ccc1N. The molecule has 0 bridgehead atoms. The Bertz CT molecular complexity index is 1400. The quantitative estimate of drug-likeness (QED) is 0.334. The second kappa shape index (κ2) is 9.33. The third-order valence-electron chi connectivity index (χ3n) is 4.81.